The first-order valence-electron chi connectivity index (χ1n) is 6.54. The van der Waals surface area contributed by atoms with Crippen molar-refractivity contribution in [2.45, 2.75) is 39.3 Å². The number of nitrogens with one attached hydrogen (secondary N) is 1. The Morgan fingerprint density at radius 3 is 2.78 bits per heavy atom. The van der Waals surface area contributed by atoms with E-state index in [9.17, 15) is 0 Å². The highest BCUT2D eigenvalue weighted by atomic mass is 35.5. The summed E-state index contributed by atoms with van der Waals surface area (Å²) in [7, 11) is 1.97. The van der Waals surface area contributed by atoms with Crippen LogP contribution in [0.3, 0.4) is 0 Å². The van der Waals surface area contributed by atoms with Crippen molar-refractivity contribution in [2.75, 3.05) is 19.6 Å². The van der Waals surface area contributed by atoms with Gasteiger partial charge in [-0.05, 0) is 40.3 Å². The standard InChI is InChI=1S/C13H23ClN4/c1-10-12(14)11(17(4)16-10)8-18-7-5-6-15-13(2,3)9-18/h15H,5-9H2,1-4H3. The Hall–Kier alpha value is -0.580. The molecular formula is C13H23ClN4. The molecule has 2 rings (SSSR count). The predicted molar refractivity (Wildman–Crippen MR) is 74.9 cm³/mol. The maximum atomic E-state index is 6.32. The number of hydrogen-bond acceptors (Lipinski definition) is 3. The van der Waals surface area contributed by atoms with E-state index in [0.717, 1.165) is 42.6 Å². The van der Waals surface area contributed by atoms with Crippen LogP contribution in [0.25, 0.3) is 0 Å². The van der Waals surface area contributed by atoms with Gasteiger partial charge in [0.2, 0.25) is 0 Å². The fraction of sp³-hybridized carbons (Fsp3) is 0.769. The molecular weight excluding hydrogens is 248 g/mol. The van der Waals surface area contributed by atoms with E-state index in [0.29, 0.717) is 0 Å². The van der Waals surface area contributed by atoms with Crippen LogP contribution in [0.2, 0.25) is 5.02 Å². The minimum atomic E-state index is 0.163. The second kappa shape index (κ2) is 5.19. The van der Waals surface area contributed by atoms with Crippen LogP contribution in [0.4, 0.5) is 0 Å². The maximum absolute atomic E-state index is 6.32. The fourth-order valence-electron chi connectivity index (χ4n) is 2.62. The Morgan fingerprint density at radius 2 is 2.17 bits per heavy atom. The lowest BCUT2D eigenvalue weighted by Gasteiger charge is -2.30. The molecule has 0 spiro atoms. The van der Waals surface area contributed by atoms with Gasteiger partial charge in [-0.25, -0.2) is 0 Å². The van der Waals surface area contributed by atoms with Gasteiger partial charge in [0.15, 0.2) is 0 Å². The molecule has 0 bridgehead atoms. The summed E-state index contributed by atoms with van der Waals surface area (Å²) in [4.78, 5) is 2.46. The molecule has 102 valence electrons. The van der Waals surface area contributed by atoms with Crippen molar-refractivity contribution in [1.82, 2.24) is 20.0 Å². The van der Waals surface area contributed by atoms with Gasteiger partial charge in [0.05, 0.1) is 16.4 Å². The van der Waals surface area contributed by atoms with E-state index in [-0.39, 0.29) is 5.54 Å². The van der Waals surface area contributed by atoms with E-state index in [1.807, 2.05) is 18.7 Å². The van der Waals surface area contributed by atoms with Crippen molar-refractivity contribution in [1.29, 1.82) is 0 Å². The predicted octanol–water partition coefficient (Wildman–Crippen LogP) is 1.96. The van der Waals surface area contributed by atoms with Gasteiger partial charge in [-0.15, -0.1) is 0 Å². The van der Waals surface area contributed by atoms with Gasteiger partial charge in [-0.2, -0.15) is 5.10 Å². The normalized spacial score (nSPS) is 20.9. The summed E-state index contributed by atoms with van der Waals surface area (Å²) in [5, 5.41) is 8.76. The zero-order valence-corrected chi connectivity index (χ0v) is 12.5. The summed E-state index contributed by atoms with van der Waals surface area (Å²) in [6, 6.07) is 0. The summed E-state index contributed by atoms with van der Waals surface area (Å²) in [5.41, 5.74) is 2.20. The van der Waals surface area contributed by atoms with Crippen LogP contribution in [-0.2, 0) is 13.6 Å². The highest BCUT2D eigenvalue weighted by Crippen LogP contribution is 2.22. The summed E-state index contributed by atoms with van der Waals surface area (Å²) in [5.74, 6) is 0. The molecule has 0 saturated carbocycles. The summed E-state index contributed by atoms with van der Waals surface area (Å²) < 4.78 is 1.91. The Balaban J connectivity index is 2.12. The van der Waals surface area contributed by atoms with Crippen LogP contribution < -0.4 is 5.32 Å². The summed E-state index contributed by atoms with van der Waals surface area (Å²) in [6.07, 6.45) is 1.18. The average Bonchev–Trinajstić information content (AvgIpc) is 2.46. The number of nitrogens with zero attached hydrogens (tertiary/aromatic N) is 3. The Labute approximate surface area is 114 Å². The van der Waals surface area contributed by atoms with Gasteiger partial charge in [-0.1, -0.05) is 11.6 Å². The maximum Gasteiger partial charge on any atom is 0.0860 e. The third-order valence-electron chi connectivity index (χ3n) is 3.51. The third-order valence-corrected chi connectivity index (χ3v) is 4.00. The van der Waals surface area contributed by atoms with Crippen LogP contribution in [0.5, 0.6) is 0 Å². The first-order chi connectivity index (χ1) is 8.39. The number of aromatic nitrogens is 2. The molecule has 1 N–H and O–H groups in total. The molecule has 1 aromatic rings. The summed E-state index contributed by atoms with van der Waals surface area (Å²) in [6.45, 7) is 10.6. The number of rotatable bonds is 2. The van der Waals surface area contributed by atoms with E-state index in [2.05, 4.69) is 29.2 Å². The lowest BCUT2D eigenvalue weighted by molar-refractivity contribution is 0.219. The average molecular weight is 271 g/mol. The number of halogens is 1. The monoisotopic (exact) mass is 270 g/mol. The highest BCUT2D eigenvalue weighted by Gasteiger charge is 2.25. The SMILES string of the molecule is Cc1nn(C)c(CN2CCCNC(C)(C)C2)c1Cl. The van der Waals surface area contributed by atoms with Crippen molar-refractivity contribution in [3.63, 3.8) is 0 Å². The van der Waals surface area contributed by atoms with Gasteiger partial charge in [0, 0.05) is 25.7 Å². The van der Waals surface area contributed by atoms with E-state index >= 15 is 0 Å². The molecule has 2 heterocycles. The molecule has 0 unspecified atom stereocenters. The number of hydrogen-bond donors (Lipinski definition) is 1. The third kappa shape index (κ3) is 3.05. The molecule has 0 aliphatic carbocycles. The molecule has 1 saturated heterocycles. The molecule has 18 heavy (non-hydrogen) atoms. The Bertz CT molecular complexity index is 425. The minimum Gasteiger partial charge on any atom is -0.310 e. The van der Waals surface area contributed by atoms with Gasteiger partial charge in [-0.3, -0.25) is 9.58 Å². The van der Waals surface area contributed by atoms with E-state index in [1.54, 1.807) is 0 Å². The van der Waals surface area contributed by atoms with Crippen LogP contribution in [0, 0.1) is 6.92 Å². The van der Waals surface area contributed by atoms with Gasteiger partial charge < -0.3 is 5.32 Å². The van der Waals surface area contributed by atoms with E-state index in [4.69, 9.17) is 11.6 Å². The lowest BCUT2D eigenvalue weighted by Crippen LogP contribution is -2.46. The van der Waals surface area contributed by atoms with E-state index in [1.165, 1.54) is 6.42 Å². The van der Waals surface area contributed by atoms with E-state index < -0.39 is 0 Å². The molecule has 4 nitrogen and oxygen atoms in total. The zero-order valence-electron chi connectivity index (χ0n) is 11.8. The fourth-order valence-corrected chi connectivity index (χ4v) is 2.84. The van der Waals surface area contributed by atoms with Crippen molar-refractivity contribution >= 4 is 11.6 Å². The molecule has 0 atom stereocenters. The second-order valence-electron chi connectivity index (χ2n) is 5.84. The Kier molecular flexibility index (Phi) is 3.99. The molecule has 0 radical (unpaired) electrons. The van der Waals surface area contributed by atoms with Crippen molar-refractivity contribution in [3.8, 4) is 0 Å². The smallest absolute Gasteiger partial charge is 0.0860 e. The van der Waals surface area contributed by atoms with Gasteiger partial charge in [0.25, 0.3) is 0 Å². The first-order valence-corrected chi connectivity index (χ1v) is 6.92. The van der Waals surface area contributed by atoms with Crippen molar-refractivity contribution in [3.05, 3.63) is 16.4 Å². The van der Waals surface area contributed by atoms with Gasteiger partial charge >= 0.3 is 0 Å². The molecule has 0 amide bonds. The molecule has 0 aromatic carbocycles. The summed E-state index contributed by atoms with van der Waals surface area (Å²) >= 11 is 6.32. The molecule has 1 aliphatic rings. The van der Waals surface area contributed by atoms with Crippen LogP contribution in [-0.4, -0.2) is 39.9 Å². The van der Waals surface area contributed by atoms with Crippen molar-refractivity contribution < 1.29 is 0 Å². The molecule has 1 aromatic heterocycles. The minimum absolute atomic E-state index is 0.163. The first kappa shape index (κ1) is 13.8. The van der Waals surface area contributed by atoms with Crippen LogP contribution in [0.15, 0.2) is 0 Å². The van der Waals surface area contributed by atoms with Crippen LogP contribution in [0.1, 0.15) is 31.7 Å². The lowest BCUT2D eigenvalue weighted by atomic mass is 10.1. The topological polar surface area (TPSA) is 33.1 Å². The second-order valence-corrected chi connectivity index (χ2v) is 6.22. The quantitative estimate of drug-likeness (QED) is 0.892. The van der Waals surface area contributed by atoms with Gasteiger partial charge in [0.1, 0.15) is 0 Å². The molecule has 1 fully saturated rings. The Morgan fingerprint density at radius 1 is 1.44 bits per heavy atom. The number of aryl methyl sites for hydroxylation is 2. The van der Waals surface area contributed by atoms with Crippen molar-refractivity contribution in [2.24, 2.45) is 7.05 Å². The zero-order chi connectivity index (χ0) is 13.3. The highest BCUT2D eigenvalue weighted by molar-refractivity contribution is 6.31. The van der Waals surface area contributed by atoms with Crippen LogP contribution >= 0.6 is 11.6 Å². The molecule has 1 aliphatic heterocycles. The molecule has 5 heteroatoms. The largest absolute Gasteiger partial charge is 0.310 e.